The molecule has 0 bridgehead atoms. The SMILES string of the molecule is CCCCCCCC/C=C\CCCCCCCCCC(=O)OCCCCCCCCCC/C=C\CCCCCCCCCC(=O)NC(CO)C(O)/C=C/CCCCCCCCCCC. The number of esters is 1. The van der Waals surface area contributed by atoms with Crippen LogP contribution < -0.4 is 5.32 Å². The van der Waals surface area contributed by atoms with Gasteiger partial charge in [0.15, 0.2) is 0 Å². The molecule has 0 aliphatic heterocycles. The number of hydrogen-bond acceptors (Lipinski definition) is 5. The third-order valence-electron chi connectivity index (χ3n) is 12.9. The van der Waals surface area contributed by atoms with Gasteiger partial charge in [0.1, 0.15) is 0 Å². The lowest BCUT2D eigenvalue weighted by Gasteiger charge is -2.20. The molecule has 0 aromatic heterocycles. The van der Waals surface area contributed by atoms with Gasteiger partial charge in [-0.2, -0.15) is 0 Å². The van der Waals surface area contributed by atoms with Crippen molar-refractivity contribution in [3.63, 3.8) is 0 Å². The predicted octanol–water partition coefficient (Wildman–Crippen LogP) is 17.2. The highest BCUT2D eigenvalue weighted by atomic mass is 16.5. The minimum absolute atomic E-state index is 0.000614. The Morgan fingerprint density at radius 1 is 0.422 bits per heavy atom. The number of carbonyl (C=O) groups is 2. The van der Waals surface area contributed by atoms with E-state index in [1.54, 1.807) is 6.08 Å². The van der Waals surface area contributed by atoms with Gasteiger partial charge in [-0.25, -0.2) is 0 Å². The van der Waals surface area contributed by atoms with E-state index in [0.717, 1.165) is 51.4 Å². The van der Waals surface area contributed by atoms with E-state index in [1.165, 1.54) is 218 Å². The van der Waals surface area contributed by atoms with Gasteiger partial charge in [-0.3, -0.25) is 9.59 Å². The van der Waals surface area contributed by atoms with Gasteiger partial charge < -0.3 is 20.3 Å². The molecule has 2 atom stereocenters. The number of carbonyl (C=O) groups excluding carboxylic acids is 2. The summed E-state index contributed by atoms with van der Waals surface area (Å²) >= 11 is 0. The number of allylic oxidation sites excluding steroid dienone is 5. The quantitative estimate of drug-likeness (QED) is 0.0321. The second-order valence-corrected chi connectivity index (χ2v) is 19.3. The molecule has 0 saturated heterocycles. The Balaban J connectivity index is 3.44. The van der Waals surface area contributed by atoms with Gasteiger partial charge in [0.25, 0.3) is 0 Å². The van der Waals surface area contributed by atoms with Crippen LogP contribution in [0, 0.1) is 0 Å². The number of amides is 1. The van der Waals surface area contributed by atoms with Crippen LogP contribution in [0.3, 0.4) is 0 Å². The van der Waals surface area contributed by atoms with Crippen molar-refractivity contribution in [1.29, 1.82) is 0 Å². The number of unbranched alkanes of at least 4 members (excludes halogenated alkanes) is 37. The number of hydrogen-bond donors (Lipinski definition) is 3. The smallest absolute Gasteiger partial charge is 0.305 e. The summed E-state index contributed by atoms with van der Waals surface area (Å²) in [4.78, 5) is 24.5. The molecule has 376 valence electrons. The molecule has 1 amide bonds. The molecule has 3 N–H and O–H groups in total. The van der Waals surface area contributed by atoms with Gasteiger partial charge in [-0.15, -0.1) is 0 Å². The lowest BCUT2D eigenvalue weighted by atomic mass is 10.1. The minimum atomic E-state index is -0.849. The van der Waals surface area contributed by atoms with Crippen LogP contribution in [0.4, 0.5) is 0 Å². The molecule has 0 aliphatic rings. The van der Waals surface area contributed by atoms with Crippen LogP contribution in [-0.4, -0.2) is 47.4 Å². The molecule has 0 aromatic rings. The molecule has 2 unspecified atom stereocenters. The first-order chi connectivity index (χ1) is 31.5. The average molecular weight is 901 g/mol. The van der Waals surface area contributed by atoms with Crippen molar-refractivity contribution in [3.05, 3.63) is 36.5 Å². The fourth-order valence-corrected chi connectivity index (χ4v) is 8.50. The maximum absolute atomic E-state index is 12.4. The zero-order chi connectivity index (χ0) is 46.5. The maximum atomic E-state index is 12.4. The van der Waals surface area contributed by atoms with Crippen LogP contribution in [0.2, 0.25) is 0 Å². The zero-order valence-corrected chi connectivity index (χ0v) is 42.8. The number of ether oxygens (including phenoxy) is 1. The molecule has 0 radical (unpaired) electrons. The molecule has 0 heterocycles. The van der Waals surface area contributed by atoms with Gasteiger partial charge >= 0.3 is 5.97 Å². The molecule has 0 spiro atoms. The van der Waals surface area contributed by atoms with Crippen molar-refractivity contribution in [3.8, 4) is 0 Å². The van der Waals surface area contributed by atoms with Gasteiger partial charge in [0.05, 0.1) is 25.4 Å². The molecule has 0 fully saturated rings. The second-order valence-electron chi connectivity index (χ2n) is 19.3. The summed E-state index contributed by atoms with van der Waals surface area (Å²) in [5, 5.41) is 23.0. The first-order valence-corrected chi connectivity index (χ1v) is 28.3. The molecule has 6 nitrogen and oxygen atoms in total. The number of rotatable bonds is 52. The summed E-state index contributed by atoms with van der Waals surface area (Å²) in [6.07, 6.45) is 65.9. The largest absolute Gasteiger partial charge is 0.466 e. The van der Waals surface area contributed by atoms with Crippen molar-refractivity contribution < 1.29 is 24.5 Å². The van der Waals surface area contributed by atoms with E-state index < -0.39 is 12.1 Å². The Morgan fingerprint density at radius 2 is 0.734 bits per heavy atom. The molecule has 64 heavy (non-hydrogen) atoms. The maximum Gasteiger partial charge on any atom is 0.305 e. The topological polar surface area (TPSA) is 95.9 Å². The average Bonchev–Trinajstić information content (AvgIpc) is 3.29. The molecular formula is C58H109NO5. The van der Waals surface area contributed by atoms with Crippen molar-refractivity contribution >= 4 is 11.9 Å². The van der Waals surface area contributed by atoms with E-state index >= 15 is 0 Å². The van der Waals surface area contributed by atoms with E-state index in [2.05, 4.69) is 43.5 Å². The standard InChI is InChI=1S/C58H109NO5/c1-3-5-7-9-11-13-15-16-17-21-25-28-32-36-40-44-48-52-58(63)64-53-49-45-41-37-33-29-26-23-20-18-19-22-24-27-31-35-39-43-47-51-57(62)59-55(54-60)56(61)50-46-42-38-34-30-14-12-10-8-6-4-2/h16-19,46,50,55-56,60-61H,3-15,20-45,47-49,51-54H2,1-2H3,(H,59,62)/b17-16-,19-18-,50-46+. The highest BCUT2D eigenvalue weighted by Gasteiger charge is 2.18. The third kappa shape index (κ3) is 49.5. The Hall–Kier alpha value is -1.92. The number of aliphatic hydroxyl groups is 2. The van der Waals surface area contributed by atoms with Crippen LogP contribution >= 0.6 is 0 Å². The van der Waals surface area contributed by atoms with Crippen LogP contribution in [0.15, 0.2) is 36.5 Å². The summed E-state index contributed by atoms with van der Waals surface area (Å²) in [6.45, 7) is 4.87. The lowest BCUT2D eigenvalue weighted by Crippen LogP contribution is -2.45. The van der Waals surface area contributed by atoms with Crippen LogP contribution in [-0.2, 0) is 14.3 Å². The monoisotopic (exact) mass is 900 g/mol. The van der Waals surface area contributed by atoms with Crippen LogP contribution in [0.5, 0.6) is 0 Å². The number of aliphatic hydroxyl groups excluding tert-OH is 2. The summed E-state index contributed by atoms with van der Waals surface area (Å²) in [6, 6.07) is -0.634. The van der Waals surface area contributed by atoms with Gasteiger partial charge in [0, 0.05) is 12.8 Å². The molecule has 0 aliphatic carbocycles. The Bertz CT molecular complexity index is 1040. The summed E-state index contributed by atoms with van der Waals surface area (Å²) < 4.78 is 5.48. The third-order valence-corrected chi connectivity index (χ3v) is 12.9. The van der Waals surface area contributed by atoms with Crippen molar-refractivity contribution in [1.82, 2.24) is 5.32 Å². The van der Waals surface area contributed by atoms with Gasteiger partial charge in [0.2, 0.25) is 5.91 Å². The highest BCUT2D eigenvalue weighted by molar-refractivity contribution is 5.76. The van der Waals surface area contributed by atoms with Crippen LogP contribution in [0.1, 0.15) is 296 Å². The molecule has 0 saturated carbocycles. The highest BCUT2D eigenvalue weighted by Crippen LogP contribution is 2.15. The molecular weight excluding hydrogens is 791 g/mol. The second kappa shape index (κ2) is 53.7. The molecule has 0 aromatic carbocycles. The molecule has 0 rings (SSSR count). The first-order valence-electron chi connectivity index (χ1n) is 28.3. The van der Waals surface area contributed by atoms with Gasteiger partial charge in [-0.1, -0.05) is 237 Å². The van der Waals surface area contributed by atoms with E-state index in [-0.39, 0.29) is 18.5 Å². The lowest BCUT2D eigenvalue weighted by molar-refractivity contribution is -0.143. The fourth-order valence-electron chi connectivity index (χ4n) is 8.50. The normalized spacial score (nSPS) is 12.9. The van der Waals surface area contributed by atoms with Crippen molar-refractivity contribution in [2.45, 2.75) is 309 Å². The van der Waals surface area contributed by atoms with Crippen molar-refractivity contribution in [2.24, 2.45) is 0 Å². The minimum Gasteiger partial charge on any atom is -0.466 e. The Morgan fingerprint density at radius 3 is 1.11 bits per heavy atom. The Kier molecular flexibility index (Phi) is 52.1. The fraction of sp³-hybridized carbons (Fsp3) is 0.862. The van der Waals surface area contributed by atoms with E-state index in [0.29, 0.717) is 19.4 Å². The van der Waals surface area contributed by atoms with Crippen LogP contribution in [0.25, 0.3) is 0 Å². The van der Waals surface area contributed by atoms with E-state index in [4.69, 9.17) is 4.74 Å². The molecule has 6 heteroatoms. The number of nitrogens with one attached hydrogen (secondary N) is 1. The van der Waals surface area contributed by atoms with Crippen molar-refractivity contribution in [2.75, 3.05) is 13.2 Å². The zero-order valence-electron chi connectivity index (χ0n) is 42.8. The Labute approximate surface area is 398 Å². The first kappa shape index (κ1) is 62.1. The summed E-state index contributed by atoms with van der Waals surface area (Å²) in [5.41, 5.74) is 0. The van der Waals surface area contributed by atoms with E-state index in [1.807, 2.05) is 6.08 Å². The van der Waals surface area contributed by atoms with E-state index in [9.17, 15) is 19.8 Å². The summed E-state index contributed by atoms with van der Waals surface area (Å²) in [5.74, 6) is -0.0799. The van der Waals surface area contributed by atoms with Gasteiger partial charge in [-0.05, 0) is 83.5 Å². The predicted molar refractivity (Wildman–Crippen MR) is 278 cm³/mol. The summed E-state index contributed by atoms with van der Waals surface area (Å²) in [7, 11) is 0.